The molecular weight excluding hydrogens is 291 g/mol. The Bertz CT molecular complexity index is 497. The maximum atomic E-state index is 11.7. The molecule has 1 aromatic rings. The van der Waals surface area contributed by atoms with Crippen molar-refractivity contribution in [3.63, 3.8) is 0 Å². The first kappa shape index (κ1) is 7.87. The van der Waals surface area contributed by atoms with Crippen molar-refractivity contribution in [3.05, 3.63) is 34.2 Å². The molecule has 4 rings (SSSR count). The smallest absolute Gasteiger partial charge is 0.251 e. The lowest BCUT2D eigenvalue weighted by atomic mass is 9.51. The van der Waals surface area contributed by atoms with Crippen molar-refractivity contribution >= 4 is 22.9 Å². The molecule has 0 amide bonds. The molecule has 0 aromatic carbocycles. The number of halogens is 1. The Morgan fingerprint density at radius 2 is 2.36 bits per heavy atom. The summed E-state index contributed by atoms with van der Waals surface area (Å²) in [4.78, 5) is 11.7. The molecule has 2 aliphatic heterocycles. The number of pyridine rings is 1. The van der Waals surface area contributed by atoms with Gasteiger partial charge in [0.05, 0.1) is 5.54 Å². The minimum atomic E-state index is 0.188. The molecule has 1 saturated heterocycles. The number of rotatable bonds is 0. The van der Waals surface area contributed by atoms with Crippen LogP contribution in [-0.2, 0) is 5.54 Å². The predicted octanol–water partition coefficient (Wildman–Crippen LogP) is 1.08. The van der Waals surface area contributed by atoms with Crippen LogP contribution in [0.2, 0.25) is 0 Å². The number of aromatic nitrogens is 1. The van der Waals surface area contributed by atoms with Gasteiger partial charge in [0, 0.05) is 53.1 Å². The average Bonchev–Trinajstić information content (AvgIpc) is 2.13. The van der Waals surface area contributed by atoms with E-state index in [9.17, 15) is 4.79 Å². The lowest BCUT2D eigenvalue weighted by Gasteiger charge is -2.73. The van der Waals surface area contributed by atoms with E-state index in [0.717, 1.165) is 6.54 Å². The van der Waals surface area contributed by atoms with Crippen molar-refractivity contribution in [2.45, 2.75) is 23.9 Å². The van der Waals surface area contributed by atoms with E-state index in [4.69, 9.17) is 0 Å². The second-order valence-electron chi connectivity index (χ2n) is 4.48. The molecule has 0 radical (unpaired) electrons. The Balaban J connectivity index is 1.96. The van der Waals surface area contributed by atoms with E-state index < -0.39 is 0 Å². The quantitative estimate of drug-likeness (QED) is 0.529. The maximum absolute atomic E-state index is 11.7. The van der Waals surface area contributed by atoms with Gasteiger partial charge in [-0.15, -0.1) is 0 Å². The lowest BCUT2D eigenvalue weighted by molar-refractivity contribution is -0.139. The number of hydrogen-bond donors (Lipinski definition) is 0. The van der Waals surface area contributed by atoms with Gasteiger partial charge in [-0.05, 0) is 12.5 Å². The Morgan fingerprint density at radius 3 is 3.07 bits per heavy atom. The molecule has 3 unspecified atom stereocenters. The van der Waals surface area contributed by atoms with Crippen LogP contribution in [0.4, 0.5) is 0 Å². The highest BCUT2D eigenvalue weighted by Crippen LogP contribution is 2.66. The third-order valence-electron chi connectivity index (χ3n) is 4.14. The van der Waals surface area contributed by atoms with Gasteiger partial charge in [-0.25, -0.2) is 3.11 Å². The van der Waals surface area contributed by atoms with E-state index in [1.807, 2.05) is 10.6 Å². The van der Waals surface area contributed by atoms with Crippen LogP contribution in [-0.4, -0.2) is 20.3 Å². The third-order valence-corrected chi connectivity index (χ3v) is 5.15. The number of nitrogens with zero attached hydrogens (tertiary/aromatic N) is 2. The van der Waals surface area contributed by atoms with Gasteiger partial charge in [-0.1, -0.05) is 6.07 Å². The Morgan fingerprint density at radius 1 is 1.50 bits per heavy atom. The largest absolute Gasteiger partial charge is 0.303 e. The van der Waals surface area contributed by atoms with Gasteiger partial charge in [-0.2, -0.15) is 0 Å². The predicted molar refractivity (Wildman–Crippen MR) is 60.5 cm³/mol. The van der Waals surface area contributed by atoms with E-state index in [2.05, 4.69) is 32.0 Å². The summed E-state index contributed by atoms with van der Waals surface area (Å²) >= 11 is 2.37. The Hall–Kier alpha value is -0.360. The fraction of sp³-hybridized carbons (Fsp3) is 0.500. The SMILES string of the molecule is O=c1cccc2n1C13CN(I)C1CC23. The van der Waals surface area contributed by atoms with Gasteiger partial charge >= 0.3 is 0 Å². The normalized spacial score (nSPS) is 42.4. The highest BCUT2D eigenvalue weighted by molar-refractivity contribution is 14.1. The first-order chi connectivity index (χ1) is 6.75. The van der Waals surface area contributed by atoms with Gasteiger partial charge < -0.3 is 4.57 Å². The van der Waals surface area contributed by atoms with Gasteiger partial charge in [0.2, 0.25) is 0 Å². The monoisotopic (exact) mass is 300 g/mol. The van der Waals surface area contributed by atoms with Crippen molar-refractivity contribution in [1.29, 1.82) is 0 Å². The number of fused-ring (bicyclic) bond motifs is 2. The summed E-state index contributed by atoms with van der Waals surface area (Å²) in [6, 6.07) is 6.29. The minimum absolute atomic E-state index is 0.188. The zero-order valence-electron chi connectivity index (χ0n) is 7.48. The summed E-state index contributed by atoms with van der Waals surface area (Å²) in [7, 11) is 0. The minimum Gasteiger partial charge on any atom is -0.303 e. The van der Waals surface area contributed by atoms with E-state index in [1.54, 1.807) is 6.07 Å². The van der Waals surface area contributed by atoms with Crippen molar-refractivity contribution in [3.8, 4) is 0 Å². The molecule has 14 heavy (non-hydrogen) atoms. The maximum Gasteiger partial charge on any atom is 0.251 e. The van der Waals surface area contributed by atoms with Crippen molar-refractivity contribution in [2.75, 3.05) is 6.54 Å². The molecule has 3 atom stereocenters. The van der Waals surface area contributed by atoms with Crippen molar-refractivity contribution < 1.29 is 0 Å². The first-order valence-electron chi connectivity index (χ1n) is 4.90. The molecule has 4 heteroatoms. The molecule has 1 aliphatic carbocycles. The molecule has 1 aromatic heterocycles. The molecule has 0 bridgehead atoms. The van der Waals surface area contributed by atoms with E-state index >= 15 is 0 Å². The van der Waals surface area contributed by atoms with Gasteiger partial charge in [0.1, 0.15) is 0 Å². The molecule has 1 saturated carbocycles. The molecule has 0 N–H and O–H groups in total. The van der Waals surface area contributed by atoms with Crippen LogP contribution in [0.3, 0.4) is 0 Å². The molecule has 72 valence electrons. The zero-order chi connectivity index (χ0) is 9.50. The van der Waals surface area contributed by atoms with E-state index in [1.165, 1.54) is 12.1 Å². The molecule has 3 nitrogen and oxygen atoms in total. The van der Waals surface area contributed by atoms with Gasteiger partial charge in [0.25, 0.3) is 5.56 Å². The van der Waals surface area contributed by atoms with Crippen LogP contribution in [0, 0.1) is 0 Å². The topological polar surface area (TPSA) is 25.2 Å². The first-order valence-corrected chi connectivity index (χ1v) is 5.86. The van der Waals surface area contributed by atoms with Crippen LogP contribution in [0.1, 0.15) is 18.0 Å². The Kier molecular flexibility index (Phi) is 1.17. The molecule has 3 aliphatic rings. The van der Waals surface area contributed by atoms with Crippen LogP contribution < -0.4 is 5.56 Å². The molecular formula is C10H9IN2O. The summed E-state index contributed by atoms with van der Waals surface area (Å²) in [5.74, 6) is 0.674. The molecule has 1 spiro atoms. The summed E-state index contributed by atoms with van der Waals surface area (Å²) in [5.41, 5.74) is 1.67. The number of piperidine rings is 1. The zero-order valence-corrected chi connectivity index (χ0v) is 9.64. The average molecular weight is 300 g/mol. The second kappa shape index (κ2) is 2.09. The Labute approximate surface area is 95.2 Å². The van der Waals surface area contributed by atoms with Gasteiger partial charge in [0.15, 0.2) is 0 Å². The van der Waals surface area contributed by atoms with Crippen molar-refractivity contribution in [1.82, 2.24) is 7.68 Å². The highest BCUT2D eigenvalue weighted by atomic mass is 127. The molecule has 3 heterocycles. The lowest BCUT2D eigenvalue weighted by Crippen LogP contribution is -2.83. The second-order valence-corrected chi connectivity index (χ2v) is 5.72. The highest BCUT2D eigenvalue weighted by Gasteiger charge is 2.72. The number of hydrogen-bond acceptors (Lipinski definition) is 2. The van der Waals surface area contributed by atoms with E-state index in [-0.39, 0.29) is 11.1 Å². The fourth-order valence-electron chi connectivity index (χ4n) is 3.42. The fourth-order valence-corrected chi connectivity index (χ4v) is 4.68. The van der Waals surface area contributed by atoms with Crippen LogP contribution in [0.5, 0.6) is 0 Å². The van der Waals surface area contributed by atoms with Gasteiger partial charge in [-0.3, -0.25) is 4.79 Å². The third kappa shape index (κ3) is 0.557. The van der Waals surface area contributed by atoms with Crippen LogP contribution in [0.25, 0.3) is 0 Å². The standard InChI is InChI=1S/C10H9IN2O/c11-12-5-10-6(4-8(10)12)7-2-1-3-9(14)13(7)10/h1-3,6,8H,4-5H2. The summed E-state index contributed by atoms with van der Waals surface area (Å²) in [6.45, 7) is 1.06. The molecule has 2 fully saturated rings. The summed E-state index contributed by atoms with van der Waals surface area (Å²) in [6.07, 6.45) is 1.24. The van der Waals surface area contributed by atoms with Crippen LogP contribution >= 0.6 is 22.9 Å². The summed E-state index contributed by atoms with van der Waals surface area (Å²) < 4.78 is 4.36. The summed E-state index contributed by atoms with van der Waals surface area (Å²) in [5, 5.41) is 0. The van der Waals surface area contributed by atoms with Crippen molar-refractivity contribution in [2.24, 2.45) is 0 Å². The van der Waals surface area contributed by atoms with E-state index in [0.29, 0.717) is 12.0 Å². The van der Waals surface area contributed by atoms with Crippen LogP contribution in [0.15, 0.2) is 23.0 Å².